The van der Waals surface area contributed by atoms with Gasteiger partial charge in [-0.1, -0.05) is 36.1 Å². The van der Waals surface area contributed by atoms with E-state index in [0.29, 0.717) is 21.7 Å². The van der Waals surface area contributed by atoms with E-state index in [1.54, 1.807) is 11.1 Å². The average molecular weight is 471 g/mol. The van der Waals surface area contributed by atoms with Crippen LogP contribution in [0.4, 0.5) is 0 Å². The number of hydrogen-bond acceptors (Lipinski definition) is 0. The Morgan fingerprint density at radius 2 is 0.833 bits per heavy atom. The third kappa shape index (κ3) is 2.80. The molecule has 10 rings (SSSR count). The zero-order chi connectivity index (χ0) is 24.2. The highest BCUT2D eigenvalue weighted by molar-refractivity contribution is 5.41. The molecule has 8 aliphatic carbocycles. The summed E-state index contributed by atoms with van der Waals surface area (Å²) in [6.07, 6.45) is 29.0. The fourth-order valence-corrected chi connectivity index (χ4v) is 12.3. The number of hydrogen-bond donors (Lipinski definition) is 0. The van der Waals surface area contributed by atoms with Crippen molar-refractivity contribution in [1.29, 1.82) is 0 Å². The number of benzene rings is 2. The van der Waals surface area contributed by atoms with E-state index < -0.39 is 0 Å². The summed E-state index contributed by atoms with van der Waals surface area (Å²) in [7, 11) is 0. The number of terminal acetylenes is 2. The molecule has 0 aromatic heterocycles. The van der Waals surface area contributed by atoms with Crippen LogP contribution in [0.1, 0.15) is 99.3 Å². The Balaban J connectivity index is 1.21. The molecule has 8 aliphatic rings. The summed E-state index contributed by atoms with van der Waals surface area (Å²) in [4.78, 5) is 0. The van der Waals surface area contributed by atoms with Crippen LogP contribution < -0.4 is 0 Å². The van der Waals surface area contributed by atoms with Crippen LogP contribution in [0.25, 0.3) is 0 Å². The molecule has 4 unspecified atom stereocenters. The molecule has 0 heteroatoms. The van der Waals surface area contributed by atoms with E-state index in [2.05, 4.69) is 60.4 Å². The van der Waals surface area contributed by atoms with Gasteiger partial charge in [-0.3, -0.25) is 0 Å². The second-order valence-electron chi connectivity index (χ2n) is 14.5. The highest BCUT2D eigenvalue weighted by Gasteiger charge is 2.70. The van der Waals surface area contributed by atoms with E-state index in [1.807, 2.05) is 0 Å². The minimum atomic E-state index is 0.391. The Hall–Kier alpha value is -2.44. The summed E-state index contributed by atoms with van der Waals surface area (Å²) in [6.45, 7) is 0. The van der Waals surface area contributed by atoms with Gasteiger partial charge in [-0.15, -0.1) is 12.8 Å². The van der Waals surface area contributed by atoms with Crippen molar-refractivity contribution in [1.82, 2.24) is 0 Å². The lowest BCUT2D eigenvalue weighted by atomic mass is 9.30. The van der Waals surface area contributed by atoms with Gasteiger partial charge in [0, 0.05) is 11.1 Å². The van der Waals surface area contributed by atoms with Crippen LogP contribution in [0.15, 0.2) is 48.5 Å². The van der Waals surface area contributed by atoms with E-state index in [-0.39, 0.29) is 0 Å². The normalized spacial score (nSPS) is 45.4. The molecule has 182 valence electrons. The fourth-order valence-electron chi connectivity index (χ4n) is 12.3. The molecule has 36 heavy (non-hydrogen) atoms. The van der Waals surface area contributed by atoms with Crippen LogP contribution in [0.2, 0.25) is 0 Å². The first-order valence-electron chi connectivity index (χ1n) is 14.6. The molecule has 4 atom stereocenters. The molecule has 2 aromatic carbocycles. The summed E-state index contributed by atoms with van der Waals surface area (Å²) in [5, 5.41) is 0. The van der Waals surface area contributed by atoms with Gasteiger partial charge in [0.25, 0.3) is 0 Å². The molecule has 0 heterocycles. The molecule has 0 spiro atoms. The lowest BCUT2D eigenvalue weighted by Gasteiger charge is -2.74. The van der Waals surface area contributed by atoms with Gasteiger partial charge in [0.15, 0.2) is 0 Å². The van der Waals surface area contributed by atoms with Crippen molar-refractivity contribution in [3.05, 3.63) is 70.8 Å². The van der Waals surface area contributed by atoms with Crippen LogP contribution in [-0.2, 0) is 10.8 Å². The highest BCUT2D eigenvalue weighted by atomic mass is 14.7. The van der Waals surface area contributed by atoms with E-state index in [9.17, 15) is 0 Å². The Morgan fingerprint density at radius 1 is 0.500 bits per heavy atom. The van der Waals surface area contributed by atoms with Crippen molar-refractivity contribution in [2.45, 2.75) is 87.9 Å². The topological polar surface area (TPSA) is 0 Å². The van der Waals surface area contributed by atoms with Crippen molar-refractivity contribution < 1.29 is 0 Å². The maximum atomic E-state index is 5.71. The van der Waals surface area contributed by atoms with Gasteiger partial charge in [0.1, 0.15) is 0 Å². The Bertz CT molecular complexity index is 1160. The molecule has 0 N–H and O–H groups in total. The first-order chi connectivity index (χ1) is 17.5. The predicted molar refractivity (Wildman–Crippen MR) is 146 cm³/mol. The molecule has 8 bridgehead atoms. The second-order valence-corrected chi connectivity index (χ2v) is 14.5. The van der Waals surface area contributed by atoms with Gasteiger partial charge in [0.2, 0.25) is 0 Å². The van der Waals surface area contributed by atoms with Gasteiger partial charge in [-0.25, -0.2) is 0 Å². The molecular weight excluding hydrogens is 432 g/mol. The minimum absolute atomic E-state index is 0.391. The lowest BCUT2D eigenvalue weighted by Crippen LogP contribution is -2.66. The molecule has 8 fully saturated rings. The van der Waals surface area contributed by atoms with E-state index in [0.717, 1.165) is 34.8 Å². The molecule has 0 aliphatic heterocycles. The molecule has 0 radical (unpaired) electrons. The molecule has 8 saturated carbocycles. The van der Waals surface area contributed by atoms with Gasteiger partial charge < -0.3 is 0 Å². The molecule has 0 nitrogen and oxygen atoms in total. The van der Waals surface area contributed by atoms with E-state index in [1.165, 1.54) is 77.0 Å². The summed E-state index contributed by atoms with van der Waals surface area (Å²) in [6, 6.07) is 18.5. The van der Waals surface area contributed by atoms with Crippen molar-refractivity contribution >= 4 is 0 Å². The van der Waals surface area contributed by atoms with Gasteiger partial charge >= 0.3 is 0 Å². The van der Waals surface area contributed by atoms with Crippen molar-refractivity contribution in [3.63, 3.8) is 0 Å². The van der Waals surface area contributed by atoms with Crippen molar-refractivity contribution in [3.8, 4) is 24.7 Å². The lowest BCUT2D eigenvalue weighted by molar-refractivity contribution is -0.212. The second kappa shape index (κ2) is 7.11. The van der Waals surface area contributed by atoms with Crippen molar-refractivity contribution in [2.75, 3.05) is 0 Å². The van der Waals surface area contributed by atoms with Crippen LogP contribution in [0.3, 0.4) is 0 Å². The van der Waals surface area contributed by atoms with Crippen LogP contribution >= 0.6 is 0 Å². The predicted octanol–water partition coefficient (Wildman–Crippen LogP) is 8.03. The third-order valence-corrected chi connectivity index (χ3v) is 12.6. The average Bonchev–Trinajstić information content (AvgIpc) is 2.87. The fraction of sp³-hybridized carbons (Fsp3) is 0.556. The molecule has 0 amide bonds. The van der Waals surface area contributed by atoms with Gasteiger partial charge in [-0.05, 0) is 158 Å². The Morgan fingerprint density at radius 3 is 1.14 bits per heavy atom. The quantitative estimate of drug-likeness (QED) is 0.398. The van der Waals surface area contributed by atoms with E-state index in [4.69, 9.17) is 12.8 Å². The maximum Gasteiger partial charge on any atom is 0.0242 e. The molecule has 0 saturated heterocycles. The van der Waals surface area contributed by atoms with Gasteiger partial charge in [0.05, 0.1) is 0 Å². The monoisotopic (exact) mass is 470 g/mol. The van der Waals surface area contributed by atoms with Gasteiger partial charge in [-0.2, -0.15) is 0 Å². The maximum absolute atomic E-state index is 5.71. The summed E-state index contributed by atoms with van der Waals surface area (Å²) >= 11 is 0. The summed E-state index contributed by atoms with van der Waals surface area (Å²) in [5.41, 5.74) is 7.13. The minimum Gasteiger partial charge on any atom is -0.115 e. The first-order valence-corrected chi connectivity index (χ1v) is 14.6. The standard InChI is InChI=1S/C36H38/c1-3-25-5-9-31(10-6-25)33-15-27-13-28(16-33)20-35(19-27,23-33)36-21-29-14-30(22-36)18-34(17-29,24-36)32-11-7-26(4-2)8-12-32/h1-2,5-12,27-30H,13-24H2. The smallest absolute Gasteiger partial charge is 0.0242 e. The summed E-state index contributed by atoms with van der Waals surface area (Å²) < 4.78 is 0. The largest absolute Gasteiger partial charge is 0.115 e. The zero-order valence-electron chi connectivity index (χ0n) is 21.6. The Labute approximate surface area is 217 Å². The van der Waals surface area contributed by atoms with Crippen molar-refractivity contribution in [2.24, 2.45) is 34.5 Å². The molecule has 2 aromatic rings. The SMILES string of the molecule is C#Cc1ccc(C23CC4CC(C2)CC(C25CC6CC(CC(c7ccc(C#C)cc7)(C6)C2)C5)(C4)C3)cc1. The van der Waals surface area contributed by atoms with E-state index >= 15 is 0 Å². The third-order valence-electron chi connectivity index (χ3n) is 12.6. The first kappa shape index (κ1) is 21.6. The highest BCUT2D eigenvalue weighted by Crippen LogP contribution is 2.78. The number of rotatable bonds is 3. The molecular formula is C36H38. The Kier molecular flexibility index (Phi) is 4.27. The van der Waals surface area contributed by atoms with Crippen LogP contribution in [0.5, 0.6) is 0 Å². The summed E-state index contributed by atoms with van der Waals surface area (Å²) in [5.74, 6) is 9.39. The zero-order valence-corrected chi connectivity index (χ0v) is 21.6. The van der Waals surface area contributed by atoms with Crippen LogP contribution in [0, 0.1) is 59.2 Å². The van der Waals surface area contributed by atoms with Crippen LogP contribution in [-0.4, -0.2) is 0 Å².